The second-order valence-corrected chi connectivity index (χ2v) is 9.42. The predicted octanol–water partition coefficient (Wildman–Crippen LogP) is 1.64. The van der Waals surface area contributed by atoms with Crippen LogP contribution in [0.3, 0.4) is 0 Å². The Morgan fingerprint density at radius 1 is 1.35 bits per heavy atom. The molecule has 7 heteroatoms. The van der Waals surface area contributed by atoms with Gasteiger partial charge in [-0.2, -0.15) is 0 Å². The van der Waals surface area contributed by atoms with E-state index in [0.717, 1.165) is 17.4 Å². The second-order valence-electron chi connectivity index (χ2n) is 6.10. The molecular formula is C13H25N3O2S2. The fraction of sp³-hybridized carbons (Fsp3) is 0.769. The maximum atomic E-state index is 11.2. The molecule has 0 saturated heterocycles. The van der Waals surface area contributed by atoms with Gasteiger partial charge in [-0.3, -0.25) is 0 Å². The zero-order chi connectivity index (χ0) is 15.6. The minimum atomic E-state index is -2.95. The van der Waals surface area contributed by atoms with Crippen LogP contribution in [-0.2, 0) is 21.8 Å². The molecule has 1 aromatic heterocycles. The molecule has 116 valence electrons. The summed E-state index contributed by atoms with van der Waals surface area (Å²) in [6, 6.07) is 0. The van der Waals surface area contributed by atoms with E-state index >= 15 is 0 Å². The smallest absolute Gasteiger partial charge is 0.185 e. The number of anilines is 1. The molecule has 1 rings (SSSR count). The number of thiazole rings is 1. The van der Waals surface area contributed by atoms with Crippen molar-refractivity contribution in [2.75, 3.05) is 37.5 Å². The summed E-state index contributed by atoms with van der Waals surface area (Å²) in [7, 11) is 0.858. The first-order chi connectivity index (χ1) is 9.04. The van der Waals surface area contributed by atoms with Crippen LogP contribution in [0.4, 0.5) is 5.13 Å². The van der Waals surface area contributed by atoms with Gasteiger partial charge in [0.25, 0.3) is 0 Å². The fourth-order valence-electron chi connectivity index (χ4n) is 1.77. The lowest BCUT2D eigenvalue weighted by Gasteiger charge is -2.18. The third-order valence-electron chi connectivity index (χ3n) is 2.86. The molecule has 20 heavy (non-hydrogen) atoms. The van der Waals surface area contributed by atoms with Crippen LogP contribution in [0, 0.1) is 0 Å². The van der Waals surface area contributed by atoms with Crippen molar-refractivity contribution in [3.8, 4) is 0 Å². The molecule has 0 aliphatic rings. The maximum absolute atomic E-state index is 11.2. The molecule has 5 nitrogen and oxygen atoms in total. The summed E-state index contributed by atoms with van der Waals surface area (Å²) in [6.07, 6.45) is 1.26. The largest absolute Gasteiger partial charge is 0.350 e. The van der Waals surface area contributed by atoms with Crippen molar-refractivity contribution in [2.24, 2.45) is 0 Å². The lowest BCUT2D eigenvalue weighted by molar-refractivity contribution is 0.563. The number of hydrogen-bond acceptors (Lipinski definition) is 6. The molecule has 0 fully saturated rings. The van der Waals surface area contributed by atoms with Gasteiger partial charge in [-0.25, -0.2) is 13.4 Å². The maximum Gasteiger partial charge on any atom is 0.185 e. The van der Waals surface area contributed by atoms with Crippen LogP contribution in [-0.4, -0.2) is 46.1 Å². The van der Waals surface area contributed by atoms with E-state index in [0.29, 0.717) is 6.54 Å². The van der Waals surface area contributed by atoms with Crippen LogP contribution in [0.2, 0.25) is 0 Å². The molecule has 0 spiro atoms. The Morgan fingerprint density at radius 2 is 1.95 bits per heavy atom. The summed E-state index contributed by atoms with van der Waals surface area (Å²) in [5.74, 6) is 0.148. The van der Waals surface area contributed by atoms with E-state index in [2.05, 4.69) is 26.1 Å². The van der Waals surface area contributed by atoms with Gasteiger partial charge in [0.1, 0.15) is 9.84 Å². The third kappa shape index (κ3) is 5.03. The lowest BCUT2D eigenvalue weighted by Crippen LogP contribution is -2.25. The zero-order valence-corrected chi connectivity index (χ0v) is 14.8. The Balaban J connectivity index is 2.96. The molecule has 0 aromatic carbocycles. The molecule has 0 unspecified atom stereocenters. The molecule has 0 radical (unpaired) electrons. The predicted molar refractivity (Wildman–Crippen MR) is 86.6 cm³/mol. The first-order valence-electron chi connectivity index (χ1n) is 6.58. The van der Waals surface area contributed by atoms with Gasteiger partial charge in [0, 0.05) is 36.7 Å². The van der Waals surface area contributed by atoms with Gasteiger partial charge in [0.2, 0.25) is 0 Å². The van der Waals surface area contributed by atoms with E-state index in [1.165, 1.54) is 11.1 Å². The van der Waals surface area contributed by atoms with Crippen LogP contribution >= 0.6 is 11.3 Å². The first-order valence-corrected chi connectivity index (χ1v) is 9.46. The van der Waals surface area contributed by atoms with E-state index in [9.17, 15) is 8.42 Å². The standard InChI is InChI=1S/C13H25N3O2S2/c1-13(2,3)11-10(9-14-4)19-12(15-11)16(5)7-8-20(6,17)18/h14H,7-9H2,1-6H3. The number of hydrogen-bond donors (Lipinski definition) is 1. The summed E-state index contributed by atoms with van der Waals surface area (Å²) in [4.78, 5) is 7.84. The van der Waals surface area contributed by atoms with E-state index in [4.69, 9.17) is 4.98 Å². The van der Waals surface area contributed by atoms with E-state index < -0.39 is 9.84 Å². The van der Waals surface area contributed by atoms with E-state index in [1.54, 1.807) is 11.3 Å². The summed E-state index contributed by atoms with van der Waals surface area (Å²) in [5, 5.41) is 4.04. The van der Waals surface area contributed by atoms with Gasteiger partial charge in [0.05, 0.1) is 11.4 Å². The zero-order valence-electron chi connectivity index (χ0n) is 13.1. The van der Waals surface area contributed by atoms with E-state index in [1.807, 2.05) is 19.0 Å². The molecule has 0 saturated carbocycles. The Morgan fingerprint density at radius 3 is 2.40 bits per heavy atom. The van der Waals surface area contributed by atoms with Crippen LogP contribution < -0.4 is 10.2 Å². The summed E-state index contributed by atoms with van der Waals surface area (Å²) < 4.78 is 22.5. The van der Waals surface area contributed by atoms with Gasteiger partial charge in [-0.1, -0.05) is 20.8 Å². The highest BCUT2D eigenvalue weighted by molar-refractivity contribution is 7.90. The van der Waals surface area contributed by atoms with Crippen molar-refractivity contribution in [3.63, 3.8) is 0 Å². The molecule has 0 bridgehead atoms. The number of sulfone groups is 1. The quantitative estimate of drug-likeness (QED) is 0.864. The van der Waals surface area contributed by atoms with Crippen LogP contribution in [0.5, 0.6) is 0 Å². The van der Waals surface area contributed by atoms with Crippen LogP contribution in [0.25, 0.3) is 0 Å². The van der Waals surface area contributed by atoms with Crippen molar-refractivity contribution in [2.45, 2.75) is 32.7 Å². The highest BCUT2D eigenvalue weighted by Gasteiger charge is 2.24. The fourth-order valence-corrected chi connectivity index (χ4v) is 3.64. The highest BCUT2D eigenvalue weighted by Crippen LogP contribution is 2.33. The van der Waals surface area contributed by atoms with Crippen molar-refractivity contribution in [1.82, 2.24) is 10.3 Å². The Labute approximate surface area is 126 Å². The molecule has 1 aromatic rings. The molecule has 0 amide bonds. The van der Waals surface area contributed by atoms with Gasteiger partial charge >= 0.3 is 0 Å². The van der Waals surface area contributed by atoms with Crippen LogP contribution in [0.15, 0.2) is 0 Å². The van der Waals surface area contributed by atoms with Gasteiger partial charge in [-0.05, 0) is 7.05 Å². The average molecular weight is 319 g/mol. The molecular weight excluding hydrogens is 294 g/mol. The average Bonchev–Trinajstić information content (AvgIpc) is 2.69. The Hall–Kier alpha value is -0.660. The minimum absolute atomic E-state index is 0.0153. The van der Waals surface area contributed by atoms with Crippen molar-refractivity contribution < 1.29 is 8.42 Å². The number of nitrogens with zero attached hydrogens (tertiary/aromatic N) is 2. The summed E-state index contributed by atoms with van der Waals surface area (Å²) in [5.41, 5.74) is 1.07. The SMILES string of the molecule is CNCc1sc(N(C)CCS(C)(=O)=O)nc1C(C)(C)C. The molecule has 1 heterocycles. The van der Waals surface area contributed by atoms with Gasteiger partial charge in [0.15, 0.2) is 5.13 Å². The second kappa shape index (κ2) is 6.41. The van der Waals surface area contributed by atoms with Crippen molar-refractivity contribution >= 4 is 26.3 Å². The number of rotatable bonds is 6. The molecule has 1 N–H and O–H groups in total. The molecule has 0 aliphatic carbocycles. The monoisotopic (exact) mass is 319 g/mol. The lowest BCUT2D eigenvalue weighted by atomic mass is 9.91. The van der Waals surface area contributed by atoms with Crippen LogP contribution in [0.1, 0.15) is 31.3 Å². The summed E-state index contributed by atoms with van der Waals surface area (Å²) >= 11 is 1.63. The highest BCUT2D eigenvalue weighted by atomic mass is 32.2. The van der Waals surface area contributed by atoms with E-state index in [-0.39, 0.29) is 11.2 Å². The minimum Gasteiger partial charge on any atom is -0.350 e. The third-order valence-corrected chi connectivity index (χ3v) is 4.95. The summed E-state index contributed by atoms with van der Waals surface area (Å²) in [6.45, 7) is 7.67. The Kier molecular flexibility index (Phi) is 5.57. The number of nitrogens with one attached hydrogen (secondary N) is 1. The van der Waals surface area contributed by atoms with Gasteiger partial charge < -0.3 is 10.2 Å². The molecule has 0 aliphatic heterocycles. The topological polar surface area (TPSA) is 62.3 Å². The normalized spacial score (nSPS) is 12.7. The Bertz CT molecular complexity index is 544. The first kappa shape index (κ1) is 17.4. The van der Waals surface area contributed by atoms with Gasteiger partial charge in [-0.15, -0.1) is 11.3 Å². The molecule has 0 atom stereocenters. The number of aromatic nitrogens is 1. The van der Waals surface area contributed by atoms with Crippen molar-refractivity contribution in [3.05, 3.63) is 10.6 Å². The van der Waals surface area contributed by atoms with Crippen molar-refractivity contribution in [1.29, 1.82) is 0 Å².